The average Bonchev–Trinajstić information content (AvgIpc) is 2.46. The third-order valence-electron chi connectivity index (χ3n) is 2.98. The minimum atomic E-state index is -0.436. The van der Waals surface area contributed by atoms with Crippen molar-refractivity contribution in [3.63, 3.8) is 0 Å². The minimum absolute atomic E-state index is 0.436. The molecule has 1 amide bonds. The van der Waals surface area contributed by atoms with Gasteiger partial charge in [-0.05, 0) is 36.4 Å². The predicted molar refractivity (Wildman–Crippen MR) is 79.4 cm³/mol. The van der Waals surface area contributed by atoms with Gasteiger partial charge < -0.3 is 15.5 Å². The Morgan fingerprint density at radius 2 is 1.50 bits per heavy atom. The van der Waals surface area contributed by atoms with Crippen LogP contribution in [0.2, 0.25) is 0 Å². The number of rotatable bonds is 4. The first-order chi connectivity index (χ1) is 9.49. The van der Waals surface area contributed by atoms with Crippen LogP contribution in [0.5, 0.6) is 0 Å². The average molecular weight is 271 g/mol. The largest absolute Gasteiger partial charge is 0.366 e. The number of hydrogen-bond acceptors (Lipinski definition) is 5. The fourth-order valence-electron chi connectivity index (χ4n) is 1.72. The summed E-state index contributed by atoms with van der Waals surface area (Å²) in [6.45, 7) is 0. The highest BCUT2D eigenvalue weighted by atomic mass is 16.1. The molecule has 0 spiro atoms. The molecule has 1 aromatic carbocycles. The molecule has 0 unspecified atom stereocenters. The lowest BCUT2D eigenvalue weighted by Crippen LogP contribution is -2.15. The summed E-state index contributed by atoms with van der Waals surface area (Å²) in [4.78, 5) is 14.8. The van der Waals surface area contributed by atoms with Crippen molar-refractivity contribution in [2.45, 2.75) is 0 Å². The van der Waals surface area contributed by atoms with E-state index >= 15 is 0 Å². The summed E-state index contributed by atoms with van der Waals surface area (Å²) >= 11 is 0. The predicted octanol–water partition coefficient (Wildman–Crippen LogP) is 1.41. The third kappa shape index (κ3) is 2.85. The second kappa shape index (κ2) is 5.56. The number of anilines is 3. The van der Waals surface area contributed by atoms with Crippen LogP contribution in [-0.2, 0) is 0 Å². The van der Waals surface area contributed by atoms with Crippen molar-refractivity contribution in [3.05, 3.63) is 42.0 Å². The Labute approximate surface area is 117 Å². The van der Waals surface area contributed by atoms with Crippen molar-refractivity contribution >= 4 is 23.2 Å². The van der Waals surface area contributed by atoms with Gasteiger partial charge in [0, 0.05) is 32.4 Å². The number of carbonyl (C=O) groups excluding carboxylic acids is 1. The number of carbonyl (C=O) groups is 1. The molecule has 0 aliphatic rings. The third-order valence-corrected chi connectivity index (χ3v) is 2.98. The van der Waals surface area contributed by atoms with Gasteiger partial charge in [0.25, 0.3) is 0 Å². The number of nitrogens with two attached hydrogens (primary N) is 1. The number of amides is 1. The van der Waals surface area contributed by atoms with Gasteiger partial charge in [-0.3, -0.25) is 4.79 Å². The Morgan fingerprint density at radius 1 is 0.950 bits per heavy atom. The Hall–Kier alpha value is -2.63. The highest BCUT2D eigenvalue weighted by molar-refractivity contribution is 5.93. The maximum Gasteiger partial charge on any atom is 0.248 e. The molecule has 2 aromatic rings. The van der Waals surface area contributed by atoms with E-state index < -0.39 is 5.91 Å². The normalized spacial score (nSPS) is 10.2. The molecule has 0 atom stereocenters. The lowest BCUT2D eigenvalue weighted by molar-refractivity contribution is 0.100. The summed E-state index contributed by atoms with van der Waals surface area (Å²) in [7, 11) is 5.71. The van der Waals surface area contributed by atoms with Crippen molar-refractivity contribution in [3.8, 4) is 0 Å². The molecule has 0 saturated carbocycles. The summed E-state index contributed by atoms with van der Waals surface area (Å²) in [5.41, 5.74) is 6.60. The van der Waals surface area contributed by atoms with Crippen LogP contribution in [0.25, 0.3) is 0 Å². The van der Waals surface area contributed by atoms with Gasteiger partial charge in [-0.1, -0.05) is 0 Å². The lowest BCUT2D eigenvalue weighted by atomic mass is 10.2. The quantitative estimate of drug-likeness (QED) is 0.910. The molecule has 104 valence electrons. The molecule has 6 nitrogen and oxygen atoms in total. The van der Waals surface area contributed by atoms with Gasteiger partial charge in [-0.2, -0.15) is 0 Å². The van der Waals surface area contributed by atoms with Crippen LogP contribution in [-0.4, -0.2) is 37.2 Å². The smallest absolute Gasteiger partial charge is 0.248 e. The highest BCUT2D eigenvalue weighted by Gasteiger charge is 2.08. The molecule has 20 heavy (non-hydrogen) atoms. The summed E-state index contributed by atoms with van der Waals surface area (Å²) in [5, 5.41) is 8.31. The van der Waals surface area contributed by atoms with Crippen molar-refractivity contribution in [2.24, 2.45) is 5.73 Å². The van der Waals surface area contributed by atoms with E-state index in [1.165, 1.54) is 0 Å². The Balaban J connectivity index is 2.21. The fraction of sp³-hybridized carbons (Fsp3) is 0.214. The number of hydrogen-bond donors (Lipinski definition) is 1. The van der Waals surface area contributed by atoms with E-state index in [0.717, 1.165) is 17.3 Å². The van der Waals surface area contributed by atoms with Crippen LogP contribution < -0.4 is 15.5 Å². The first-order valence-electron chi connectivity index (χ1n) is 6.13. The van der Waals surface area contributed by atoms with Crippen molar-refractivity contribution in [1.29, 1.82) is 0 Å². The molecule has 0 bridgehead atoms. The zero-order chi connectivity index (χ0) is 14.7. The molecule has 6 heteroatoms. The second-order valence-electron chi connectivity index (χ2n) is 4.61. The Bertz CT molecular complexity index is 592. The van der Waals surface area contributed by atoms with Crippen LogP contribution in [0.1, 0.15) is 10.4 Å². The Morgan fingerprint density at radius 3 is 1.95 bits per heavy atom. The summed E-state index contributed by atoms with van der Waals surface area (Å²) in [6.07, 6.45) is 0. The zero-order valence-corrected chi connectivity index (χ0v) is 11.7. The van der Waals surface area contributed by atoms with Crippen LogP contribution in [0.15, 0.2) is 36.4 Å². The van der Waals surface area contributed by atoms with E-state index in [-0.39, 0.29) is 0 Å². The summed E-state index contributed by atoms with van der Waals surface area (Å²) in [5.74, 6) is 1.09. The van der Waals surface area contributed by atoms with E-state index in [4.69, 9.17) is 5.73 Å². The van der Waals surface area contributed by atoms with E-state index in [9.17, 15) is 4.79 Å². The molecule has 0 fully saturated rings. The molecular weight excluding hydrogens is 254 g/mol. The molecule has 0 aliphatic heterocycles. The number of aromatic nitrogens is 2. The zero-order valence-electron chi connectivity index (χ0n) is 11.7. The SMILES string of the molecule is CN(C)c1ccc(N(C)c2ccc(C(N)=O)cc2)nn1. The fourth-order valence-corrected chi connectivity index (χ4v) is 1.72. The van der Waals surface area contributed by atoms with Gasteiger partial charge in [-0.25, -0.2) is 0 Å². The van der Waals surface area contributed by atoms with Crippen LogP contribution in [0, 0.1) is 0 Å². The van der Waals surface area contributed by atoms with Gasteiger partial charge >= 0.3 is 0 Å². The minimum Gasteiger partial charge on any atom is -0.366 e. The molecule has 1 aromatic heterocycles. The number of primary amides is 1. The van der Waals surface area contributed by atoms with Crippen molar-refractivity contribution in [2.75, 3.05) is 30.9 Å². The molecule has 2 N–H and O–H groups in total. The van der Waals surface area contributed by atoms with Crippen molar-refractivity contribution in [1.82, 2.24) is 10.2 Å². The molecular formula is C14H17N5O. The van der Waals surface area contributed by atoms with Crippen molar-refractivity contribution < 1.29 is 4.79 Å². The van der Waals surface area contributed by atoms with Gasteiger partial charge in [0.2, 0.25) is 5.91 Å². The van der Waals surface area contributed by atoms with Crippen LogP contribution >= 0.6 is 0 Å². The molecule has 2 rings (SSSR count). The van der Waals surface area contributed by atoms with Gasteiger partial charge in [0.15, 0.2) is 11.6 Å². The summed E-state index contributed by atoms with van der Waals surface area (Å²) in [6, 6.07) is 10.8. The number of benzene rings is 1. The number of nitrogens with zero attached hydrogens (tertiary/aromatic N) is 4. The first kappa shape index (κ1) is 13.8. The maximum atomic E-state index is 11.0. The highest BCUT2D eigenvalue weighted by Crippen LogP contribution is 2.22. The topological polar surface area (TPSA) is 75.3 Å². The van der Waals surface area contributed by atoms with E-state index in [2.05, 4.69) is 10.2 Å². The van der Waals surface area contributed by atoms with Gasteiger partial charge in [-0.15, -0.1) is 10.2 Å². The standard InChI is InChI=1S/C14H17N5O/c1-18(2)12-8-9-13(17-16-12)19(3)11-6-4-10(5-7-11)14(15)20/h4-9H,1-3H3,(H2,15,20). The molecule has 0 saturated heterocycles. The van der Waals surface area contributed by atoms with Gasteiger partial charge in [0.1, 0.15) is 0 Å². The van der Waals surface area contributed by atoms with E-state index in [0.29, 0.717) is 5.56 Å². The second-order valence-corrected chi connectivity index (χ2v) is 4.61. The molecule has 0 radical (unpaired) electrons. The Kier molecular flexibility index (Phi) is 3.84. The van der Waals surface area contributed by atoms with Crippen LogP contribution in [0.3, 0.4) is 0 Å². The monoisotopic (exact) mass is 271 g/mol. The maximum absolute atomic E-state index is 11.0. The van der Waals surface area contributed by atoms with E-state index in [1.54, 1.807) is 12.1 Å². The van der Waals surface area contributed by atoms with Gasteiger partial charge in [0.05, 0.1) is 0 Å². The van der Waals surface area contributed by atoms with Crippen LogP contribution in [0.4, 0.5) is 17.3 Å². The first-order valence-corrected chi connectivity index (χ1v) is 6.13. The lowest BCUT2D eigenvalue weighted by Gasteiger charge is -2.19. The van der Waals surface area contributed by atoms with E-state index in [1.807, 2.05) is 55.2 Å². The summed E-state index contributed by atoms with van der Waals surface area (Å²) < 4.78 is 0. The molecule has 1 heterocycles. The molecule has 0 aliphatic carbocycles.